The van der Waals surface area contributed by atoms with Crippen LogP contribution in [0.5, 0.6) is 0 Å². The van der Waals surface area contributed by atoms with Gasteiger partial charge in [-0.05, 0) is 25.0 Å². The van der Waals surface area contributed by atoms with Gasteiger partial charge in [0.1, 0.15) is 11.8 Å². The van der Waals surface area contributed by atoms with E-state index in [1.54, 1.807) is 13.8 Å². The number of hydrogen-bond acceptors (Lipinski definition) is 5. The first kappa shape index (κ1) is 19.1. The van der Waals surface area contributed by atoms with Crippen molar-refractivity contribution in [2.75, 3.05) is 13.2 Å². The van der Waals surface area contributed by atoms with Crippen LogP contribution in [0.4, 0.5) is 0 Å². The Morgan fingerprint density at radius 1 is 0.741 bits per heavy atom. The average Bonchev–Trinajstić information content (AvgIpc) is 3.10. The zero-order valence-electron chi connectivity index (χ0n) is 15.5. The van der Waals surface area contributed by atoms with E-state index < -0.39 is 36.0 Å². The minimum absolute atomic E-state index is 0.238. The number of rotatable bonds is 6. The van der Waals surface area contributed by atoms with Gasteiger partial charge in [-0.15, -0.1) is 0 Å². The van der Waals surface area contributed by atoms with Crippen molar-refractivity contribution in [3.8, 4) is 0 Å². The summed E-state index contributed by atoms with van der Waals surface area (Å²) in [6, 6.07) is 18.9. The van der Waals surface area contributed by atoms with E-state index in [1.165, 1.54) is 0 Å². The van der Waals surface area contributed by atoms with Gasteiger partial charge in [-0.1, -0.05) is 60.7 Å². The Morgan fingerprint density at radius 3 is 1.44 bits per heavy atom. The molecule has 0 saturated carbocycles. The summed E-state index contributed by atoms with van der Waals surface area (Å²) in [4.78, 5) is 25.6. The minimum atomic E-state index is -0.767. The predicted molar refractivity (Wildman–Crippen MR) is 99.7 cm³/mol. The first-order chi connectivity index (χ1) is 13.2. The Morgan fingerprint density at radius 2 is 1.11 bits per heavy atom. The summed E-state index contributed by atoms with van der Waals surface area (Å²) in [6.07, 6.45) is -1.16. The van der Waals surface area contributed by atoms with Gasteiger partial charge in [0.2, 0.25) is 0 Å². The van der Waals surface area contributed by atoms with E-state index in [1.807, 2.05) is 60.7 Å². The Hall–Kier alpha value is -2.66. The molecule has 5 heteroatoms. The van der Waals surface area contributed by atoms with Gasteiger partial charge in [0, 0.05) is 0 Å². The highest BCUT2D eigenvalue weighted by Gasteiger charge is 2.54. The van der Waals surface area contributed by atoms with Crippen LogP contribution in [-0.4, -0.2) is 25.2 Å². The molecule has 0 N–H and O–H groups in total. The van der Waals surface area contributed by atoms with Gasteiger partial charge in [0.15, 0.2) is 0 Å². The highest BCUT2D eigenvalue weighted by atomic mass is 16.6. The van der Waals surface area contributed by atoms with Gasteiger partial charge in [0.25, 0.3) is 0 Å². The molecular formula is C22H24O5. The second kappa shape index (κ2) is 8.82. The summed E-state index contributed by atoms with van der Waals surface area (Å²) >= 11 is 0. The van der Waals surface area contributed by atoms with Crippen LogP contribution in [-0.2, 0) is 23.8 Å². The van der Waals surface area contributed by atoms with Gasteiger partial charge in [-0.2, -0.15) is 0 Å². The number of carbonyl (C=O) groups excluding carboxylic acids is 2. The normalized spacial score (nSPS) is 24.4. The maximum atomic E-state index is 12.8. The lowest BCUT2D eigenvalue weighted by molar-refractivity contribution is -0.159. The third-order valence-electron chi connectivity index (χ3n) is 4.71. The van der Waals surface area contributed by atoms with Crippen LogP contribution >= 0.6 is 0 Å². The van der Waals surface area contributed by atoms with Gasteiger partial charge < -0.3 is 14.2 Å². The average molecular weight is 368 g/mol. The molecule has 0 spiro atoms. The maximum absolute atomic E-state index is 12.8. The molecule has 0 amide bonds. The Kier molecular flexibility index (Phi) is 6.24. The van der Waals surface area contributed by atoms with Crippen LogP contribution in [0.15, 0.2) is 60.7 Å². The van der Waals surface area contributed by atoms with Crippen molar-refractivity contribution in [3.05, 3.63) is 71.8 Å². The van der Waals surface area contributed by atoms with E-state index in [4.69, 9.17) is 14.2 Å². The molecule has 3 rings (SSSR count). The van der Waals surface area contributed by atoms with E-state index in [0.717, 1.165) is 11.1 Å². The van der Waals surface area contributed by atoms with Crippen LogP contribution in [0.25, 0.3) is 0 Å². The summed E-state index contributed by atoms with van der Waals surface area (Å²) in [5, 5.41) is 0. The number of benzene rings is 2. The van der Waals surface area contributed by atoms with Crippen LogP contribution < -0.4 is 0 Å². The third kappa shape index (κ3) is 4.03. The summed E-state index contributed by atoms with van der Waals surface area (Å²) in [6.45, 7) is 3.98. The summed E-state index contributed by atoms with van der Waals surface area (Å²) in [5.41, 5.74) is 1.67. The third-order valence-corrected chi connectivity index (χ3v) is 4.71. The molecule has 1 saturated heterocycles. The largest absolute Gasteiger partial charge is 0.466 e. The topological polar surface area (TPSA) is 61.8 Å². The SMILES string of the molecule is CCOC(=O)[C@H]1[C@H](C(=O)OCC)[C@H](c2ccccc2)O[C@H]1c1ccccc1. The van der Waals surface area contributed by atoms with Crippen LogP contribution in [0.2, 0.25) is 0 Å². The molecule has 4 atom stereocenters. The van der Waals surface area contributed by atoms with Crippen LogP contribution in [0.1, 0.15) is 37.2 Å². The Balaban J connectivity index is 2.06. The Bertz CT molecular complexity index is 693. The van der Waals surface area contributed by atoms with Gasteiger partial charge >= 0.3 is 11.9 Å². The van der Waals surface area contributed by atoms with Crippen molar-refractivity contribution in [2.24, 2.45) is 11.8 Å². The van der Waals surface area contributed by atoms with Crippen molar-refractivity contribution >= 4 is 11.9 Å². The minimum Gasteiger partial charge on any atom is -0.466 e. The molecule has 5 nitrogen and oxygen atoms in total. The standard InChI is InChI=1S/C22H24O5/c1-3-25-21(23)17-18(22(24)26-4-2)20(16-13-9-6-10-14-16)27-19(17)15-11-7-5-8-12-15/h5-14,17-20H,3-4H2,1-2H3/t17-,18-,19-,20-/m0/s1. The molecule has 2 aromatic carbocycles. The molecule has 1 fully saturated rings. The van der Waals surface area contributed by atoms with Gasteiger partial charge in [-0.3, -0.25) is 9.59 Å². The molecule has 142 valence electrons. The second-order valence-electron chi connectivity index (χ2n) is 6.35. The van der Waals surface area contributed by atoms with Crippen LogP contribution in [0.3, 0.4) is 0 Å². The predicted octanol–water partition coefficient (Wildman–Crippen LogP) is 3.86. The van der Waals surface area contributed by atoms with E-state index >= 15 is 0 Å². The fourth-order valence-corrected chi connectivity index (χ4v) is 3.58. The first-order valence-corrected chi connectivity index (χ1v) is 9.26. The number of hydrogen-bond donors (Lipinski definition) is 0. The lowest BCUT2D eigenvalue weighted by atomic mass is 9.82. The monoisotopic (exact) mass is 368 g/mol. The molecule has 0 unspecified atom stereocenters. The number of esters is 2. The lowest BCUT2D eigenvalue weighted by Gasteiger charge is -2.21. The second-order valence-corrected chi connectivity index (χ2v) is 6.35. The van der Waals surface area contributed by atoms with E-state index in [9.17, 15) is 9.59 Å². The first-order valence-electron chi connectivity index (χ1n) is 9.26. The lowest BCUT2D eigenvalue weighted by Crippen LogP contribution is -2.33. The molecule has 2 aromatic rings. The van der Waals surface area contributed by atoms with Crippen molar-refractivity contribution in [1.29, 1.82) is 0 Å². The molecule has 0 radical (unpaired) electrons. The molecule has 1 heterocycles. The molecule has 0 bridgehead atoms. The molecule has 1 aliphatic rings. The fourth-order valence-electron chi connectivity index (χ4n) is 3.58. The highest BCUT2D eigenvalue weighted by molar-refractivity contribution is 5.84. The van der Waals surface area contributed by atoms with Gasteiger partial charge in [-0.25, -0.2) is 0 Å². The summed E-state index contributed by atoms with van der Waals surface area (Å²) in [5.74, 6) is -2.42. The molecule has 0 aliphatic carbocycles. The van der Waals surface area contributed by atoms with E-state index in [0.29, 0.717) is 0 Å². The number of ether oxygens (including phenoxy) is 3. The van der Waals surface area contributed by atoms with E-state index in [-0.39, 0.29) is 13.2 Å². The molecule has 1 aliphatic heterocycles. The van der Waals surface area contributed by atoms with Crippen molar-refractivity contribution < 1.29 is 23.8 Å². The summed E-state index contributed by atoms with van der Waals surface area (Å²) < 4.78 is 16.9. The fraction of sp³-hybridized carbons (Fsp3) is 0.364. The van der Waals surface area contributed by atoms with Crippen molar-refractivity contribution in [2.45, 2.75) is 26.1 Å². The quantitative estimate of drug-likeness (QED) is 0.725. The smallest absolute Gasteiger partial charge is 0.312 e. The molecule has 0 aromatic heterocycles. The van der Waals surface area contributed by atoms with E-state index in [2.05, 4.69) is 0 Å². The Labute approximate surface area is 159 Å². The molecular weight excluding hydrogens is 344 g/mol. The summed E-state index contributed by atoms with van der Waals surface area (Å²) in [7, 11) is 0. The van der Waals surface area contributed by atoms with Crippen molar-refractivity contribution in [3.63, 3.8) is 0 Å². The molecule has 27 heavy (non-hydrogen) atoms. The maximum Gasteiger partial charge on any atom is 0.312 e. The zero-order valence-corrected chi connectivity index (χ0v) is 15.5. The van der Waals surface area contributed by atoms with Crippen molar-refractivity contribution in [1.82, 2.24) is 0 Å². The highest BCUT2D eigenvalue weighted by Crippen LogP contribution is 2.50. The zero-order chi connectivity index (χ0) is 19.2. The van der Waals surface area contributed by atoms with Crippen LogP contribution in [0, 0.1) is 11.8 Å². The number of carbonyl (C=O) groups is 2. The van der Waals surface area contributed by atoms with Gasteiger partial charge in [0.05, 0.1) is 25.4 Å².